The summed E-state index contributed by atoms with van der Waals surface area (Å²) in [4.78, 5) is 8.88. The smallest absolute Gasteiger partial charge is 0.191 e. The Kier molecular flexibility index (Phi) is 6.80. The van der Waals surface area contributed by atoms with Gasteiger partial charge in [-0.2, -0.15) is 5.10 Å². The van der Waals surface area contributed by atoms with Crippen LogP contribution in [-0.4, -0.2) is 33.4 Å². The minimum absolute atomic E-state index is 0.131. The van der Waals surface area contributed by atoms with Crippen LogP contribution >= 0.6 is 0 Å². The molecular formula is C18H28N6O. The molecule has 0 saturated carbocycles. The van der Waals surface area contributed by atoms with Crippen LogP contribution in [0.1, 0.15) is 37.7 Å². The number of aliphatic imine (C=N–C) groups is 1. The van der Waals surface area contributed by atoms with E-state index in [2.05, 4.69) is 50.8 Å². The molecule has 0 unspecified atom stereocenters. The lowest BCUT2D eigenvalue weighted by Gasteiger charge is -2.15. The molecule has 0 amide bonds. The van der Waals surface area contributed by atoms with Crippen molar-refractivity contribution in [2.24, 2.45) is 12.0 Å². The van der Waals surface area contributed by atoms with E-state index in [0.717, 1.165) is 29.6 Å². The van der Waals surface area contributed by atoms with Gasteiger partial charge in [-0.15, -0.1) is 0 Å². The number of nitrogens with one attached hydrogen (secondary N) is 2. The minimum atomic E-state index is 0.131. The number of hydrogen-bond donors (Lipinski definition) is 2. The van der Waals surface area contributed by atoms with Crippen molar-refractivity contribution in [3.8, 4) is 5.75 Å². The molecule has 7 nitrogen and oxygen atoms in total. The van der Waals surface area contributed by atoms with Gasteiger partial charge in [-0.1, -0.05) is 12.1 Å². The lowest BCUT2D eigenvalue weighted by molar-refractivity contribution is 0.240. The maximum Gasteiger partial charge on any atom is 0.191 e. The number of aryl methyl sites for hydroxylation is 2. The number of rotatable bonds is 7. The zero-order valence-corrected chi connectivity index (χ0v) is 15.7. The Morgan fingerprint density at radius 1 is 1.32 bits per heavy atom. The van der Waals surface area contributed by atoms with E-state index in [0.29, 0.717) is 13.1 Å². The number of benzene rings is 1. The van der Waals surface area contributed by atoms with Gasteiger partial charge in [-0.25, -0.2) is 9.98 Å². The van der Waals surface area contributed by atoms with Crippen LogP contribution in [0, 0.1) is 6.92 Å². The lowest BCUT2D eigenvalue weighted by Crippen LogP contribution is -2.37. The molecule has 0 fully saturated rings. The van der Waals surface area contributed by atoms with Gasteiger partial charge in [-0.05, 0) is 39.3 Å². The molecule has 1 aromatic carbocycles. The summed E-state index contributed by atoms with van der Waals surface area (Å²) in [5.41, 5.74) is 2.24. The van der Waals surface area contributed by atoms with E-state index in [1.54, 1.807) is 11.0 Å². The van der Waals surface area contributed by atoms with E-state index in [1.165, 1.54) is 5.56 Å². The van der Waals surface area contributed by atoms with Crippen LogP contribution in [0.3, 0.4) is 0 Å². The molecule has 25 heavy (non-hydrogen) atoms. The Bertz CT molecular complexity index is 707. The van der Waals surface area contributed by atoms with E-state index in [4.69, 9.17) is 4.74 Å². The van der Waals surface area contributed by atoms with Crippen LogP contribution in [0.5, 0.6) is 5.75 Å². The quantitative estimate of drug-likeness (QED) is 0.595. The van der Waals surface area contributed by atoms with Crippen molar-refractivity contribution in [3.63, 3.8) is 0 Å². The Morgan fingerprint density at radius 2 is 2.12 bits per heavy atom. The molecule has 0 aliphatic heterocycles. The molecule has 136 valence electrons. The van der Waals surface area contributed by atoms with Gasteiger partial charge in [0.05, 0.1) is 19.2 Å². The van der Waals surface area contributed by atoms with Gasteiger partial charge >= 0.3 is 0 Å². The predicted octanol–water partition coefficient (Wildman–Crippen LogP) is 2.17. The van der Waals surface area contributed by atoms with Crippen LogP contribution in [0.4, 0.5) is 0 Å². The summed E-state index contributed by atoms with van der Waals surface area (Å²) in [6.07, 6.45) is 1.68. The van der Waals surface area contributed by atoms with E-state index < -0.39 is 0 Å². The fourth-order valence-corrected chi connectivity index (χ4v) is 2.30. The summed E-state index contributed by atoms with van der Waals surface area (Å²) < 4.78 is 7.66. The monoisotopic (exact) mass is 344 g/mol. The third-order valence-electron chi connectivity index (χ3n) is 3.56. The Hall–Kier alpha value is -2.57. The predicted molar refractivity (Wildman–Crippen MR) is 99.6 cm³/mol. The first-order chi connectivity index (χ1) is 12.0. The SMILES string of the molecule is CCNC(=NCc1ccc(C)cc1OC(C)C)NCc1ncnn1C. The van der Waals surface area contributed by atoms with Crippen molar-refractivity contribution in [1.29, 1.82) is 0 Å². The molecule has 0 bridgehead atoms. The van der Waals surface area contributed by atoms with Crippen LogP contribution in [0.25, 0.3) is 0 Å². The molecule has 7 heteroatoms. The van der Waals surface area contributed by atoms with E-state index in [1.807, 2.05) is 27.8 Å². The second kappa shape index (κ2) is 9.05. The van der Waals surface area contributed by atoms with Gasteiger partial charge < -0.3 is 15.4 Å². The van der Waals surface area contributed by atoms with Crippen LogP contribution < -0.4 is 15.4 Å². The van der Waals surface area contributed by atoms with Crippen molar-refractivity contribution in [3.05, 3.63) is 41.5 Å². The second-order valence-corrected chi connectivity index (χ2v) is 6.13. The summed E-state index contributed by atoms with van der Waals surface area (Å²) >= 11 is 0. The van der Waals surface area contributed by atoms with Gasteiger partial charge in [0.1, 0.15) is 17.9 Å². The summed E-state index contributed by atoms with van der Waals surface area (Å²) in [6, 6.07) is 6.21. The van der Waals surface area contributed by atoms with Gasteiger partial charge in [0.25, 0.3) is 0 Å². The molecular weight excluding hydrogens is 316 g/mol. The van der Waals surface area contributed by atoms with Crippen molar-refractivity contribution in [1.82, 2.24) is 25.4 Å². The van der Waals surface area contributed by atoms with E-state index in [-0.39, 0.29) is 6.10 Å². The molecule has 1 heterocycles. The summed E-state index contributed by atoms with van der Waals surface area (Å²) in [7, 11) is 1.87. The Labute approximate surface area is 149 Å². The fraction of sp³-hybridized carbons (Fsp3) is 0.500. The second-order valence-electron chi connectivity index (χ2n) is 6.13. The summed E-state index contributed by atoms with van der Waals surface area (Å²) in [6.45, 7) is 10.0. The van der Waals surface area contributed by atoms with Gasteiger partial charge in [0.2, 0.25) is 0 Å². The van der Waals surface area contributed by atoms with Gasteiger partial charge in [-0.3, -0.25) is 4.68 Å². The molecule has 0 saturated heterocycles. The van der Waals surface area contributed by atoms with Crippen LogP contribution in [-0.2, 0) is 20.1 Å². The first-order valence-corrected chi connectivity index (χ1v) is 8.60. The summed E-state index contributed by atoms with van der Waals surface area (Å²) in [5.74, 6) is 2.48. The maximum atomic E-state index is 5.92. The topological polar surface area (TPSA) is 76.4 Å². The van der Waals surface area contributed by atoms with Crippen LogP contribution in [0.2, 0.25) is 0 Å². The van der Waals surface area contributed by atoms with Crippen molar-refractivity contribution >= 4 is 5.96 Å². The third-order valence-corrected chi connectivity index (χ3v) is 3.56. The zero-order valence-electron chi connectivity index (χ0n) is 15.7. The average Bonchev–Trinajstić information content (AvgIpc) is 2.96. The molecule has 0 spiro atoms. The van der Waals surface area contributed by atoms with Gasteiger partial charge in [0.15, 0.2) is 5.96 Å². The molecule has 0 atom stereocenters. The van der Waals surface area contributed by atoms with Crippen molar-refractivity contribution in [2.45, 2.75) is 46.9 Å². The highest BCUT2D eigenvalue weighted by Crippen LogP contribution is 2.22. The fourth-order valence-electron chi connectivity index (χ4n) is 2.30. The lowest BCUT2D eigenvalue weighted by atomic mass is 10.1. The molecule has 1 aromatic heterocycles. The average molecular weight is 344 g/mol. The van der Waals surface area contributed by atoms with Crippen molar-refractivity contribution in [2.75, 3.05) is 6.54 Å². The molecule has 0 aliphatic carbocycles. The first-order valence-electron chi connectivity index (χ1n) is 8.60. The summed E-state index contributed by atoms with van der Waals surface area (Å²) in [5, 5.41) is 10.6. The number of guanidine groups is 1. The largest absolute Gasteiger partial charge is 0.491 e. The molecule has 0 aliphatic rings. The molecule has 2 aromatic rings. The molecule has 2 rings (SSSR count). The standard InChI is InChI=1S/C18H28N6O/c1-6-19-18(21-11-17-22-12-23-24(17)5)20-10-15-8-7-14(4)9-16(15)25-13(2)3/h7-9,12-13H,6,10-11H2,1-5H3,(H2,19,20,21). The zero-order chi connectivity index (χ0) is 18.2. The number of hydrogen-bond acceptors (Lipinski definition) is 4. The van der Waals surface area contributed by atoms with Gasteiger partial charge in [0, 0.05) is 19.2 Å². The Balaban J connectivity index is 2.08. The first kappa shape index (κ1) is 18.8. The number of aromatic nitrogens is 3. The van der Waals surface area contributed by atoms with Crippen LogP contribution in [0.15, 0.2) is 29.5 Å². The van der Waals surface area contributed by atoms with E-state index >= 15 is 0 Å². The molecule has 2 N–H and O–H groups in total. The maximum absolute atomic E-state index is 5.92. The Morgan fingerprint density at radius 3 is 2.76 bits per heavy atom. The highest BCUT2D eigenvalue weighted by Gasteiger charge is 2.07. The molecule has 0 radical (unpaired) electrons. The minimum Gasteiger partial charge on any atom is -0.491 e. The number of nitrogens with zero attached hydrogens (tertiary/aromatic N) is 4. The highest BCUT2D eigenvalue weighted by molar-refractivity contribution is 5.79. The third kappa shape index (κ3) is 5.77. The van der Waals surface area contributed by atoms with E-state index in [9.17, 15) is 0 Å². The highest BCUT2D eigenvalue weighted by atomic mass is 16.5. The van der Waals surface area contributed by atoms with Crippen molar-refractivity contribution < 1.29 is 4.74 Å². The normalized spacial score (nSPS) is 11.7. The number of ether oxygens (including phenoxy) is 1.